The molecular formula is C37H33PSi. The maximum Gasteiger partial charge on any atom is 0.106 e. The highest BCUT2D eigenvalue weighted by Crippen LogP contribution is 2.52. The second kappa shape index (κ2) is 10.2. The second-order valence-corrected chi connectivity index (χ2v) is 17.0. The summed E-state index contributed by atoms with van der Waals surface area (Å²) in [6, 6.07) is 48.3. The minimum Gasteiger partial charge on any atom is -0.0664 e. The van der Waals surface area contributed by atoms with Gasteiger partial charge in [-0.2, -0.15) is 0 Å². The minimum atomic E-state index is -1.39. The topological polar surface area (TPSA) is 0 Å². The predicted molar refractivity (Wildman–Crippen MR) is 175 cm³/mol. The first kappa shape index (κ1) is 24.5. The fraction of sp³-hybridized carbons (Fsp3) is 0.135. The molecule has 0 amide bonds. The van der Waals surface area contributed by atoms with Crippen LogP contribution in [-0.2, 0) is 12.3 Å². The van der Waals surface area contributed by atoms with Gasteiger partial charge in [-0.25, -0.2) is 0 Å². The molecule has 0 saturated heterocycles. The maximum atomic E-state index is 2.47. The van der Waals surface area contributed by atoms with Crippen molar-refractivity contribution in [1.29, 1.82) is 0 Å². The third kappa shape index (κ3) is 4.35. The van der Waals surface area contributed by atoms with Crippen LogP contribution < -0.4 is 15.7 Å². The second-order valence-electron chi connectivity index (χ2n) is 11.2. The highest BCUT2D eigenvalue weighted by atomic mass is 31.1. The molecule has 1 heterocycles. The number of hydrogen-bond donors (Lipinski definition) is 0. The standard InChI is InChI=1S/C37H33PSi/c1-26(2)39(31-14-4-3-5-15-31)35-19-11-10-18-34(35)38-24-29-22-20-27-12-6-8-16-32(27)36(29)37-30(25-38)23-21-28-13-7-9-17-33(28)37/h3-23,26,39H,24-25H2,1-2H3/t39-/m0/s1. The van der Waals surface area contributed by atoms with Crippen molar-refractivity contribution < 1.29 is 0 Å². The smallest absolute Gasteiger partial charge is 0.0664 e. The Balaban J connectivity index is 1.47. The minimum absolute atomic E-state index is 0.411. The fourth-order valence-electron chi connectivity index (χ4n) is 6.75. The molecule has 0 fully saturated rings. The van der Waals surface area contributed by atoms with Crippen LogP contribution in [0, 0.1) is 0 Å². The molecule has 0 bridgehead atoms. The van der Waals surface area contributed by atoms with Crippen molar-refractivity contribution in [1.82, 2.24) is 0 Å². The summed E-state index contributed by atoms with van der Waals surface area (Å²) in [6.45, 7) is 4.87. The molecule has 1 atom stereocenters. The van der Waals surface area contributed by atoms with Crippen molar-refractivity contribution >= 4 is 53.9 Å². The average Bonchev–Trinajstić information content (AvgIpc) is 3.15. The van der Waals surface area contributed by atoms with E-state index in [9.17, 15) is 0 Å². The largest absolute Gasteiger partial charge is 0.106 e. The van der Waals surface area contributed by atoms with Crippen molar-refractivity contribution in [3.63, 3.8) is 0 Å². The molecule has 1 aliphatic heterocycles. The van der Waals surface area contributed by atoms with Gasteiger partial charge in [-0.1, -0.05) is 160 Å². The van der Waals surface area contributed by atoms with Crippen LogP contribution >= 0.6 is 7.92 Å². The zero-order valence-corrected chi connectivity index (χ0v) is 24.7. The number of hydrogen-bond acceptors (Lipinski definition) is 0. The molecule has 0 N–H and O–H groups in total. The van der Waals surface area contributed by atoms with Gasteiger partial charge in [0.1, 0.15) is 8.80 Å². The lowest BCUT2D eigenvalue weighted by Gasteiger charge is -2.27. The van der Waals surface area contributed by atoms with Crippen LogP contribution in [0.5, 0.6) is 0 Å². The van der Waals surface area contributed by atoms with Gasteiger partial charge in [0, 0.05) is 0 Å². The van der Waals surface area contributed by atoms with E-state index in [4.69, 9.17) is 0 Å². The summed E-state index contributed by atoms with van der Waals surface area (Å²) in [4.78, 5) is 0. The molecule has 190 valence electrons. The van der Waals surface area contributed by atoms with E-state index in [1.54, 1.807) is 15.7 Å². The van der Waals surface area contributed by atoms with Crippen molar-refractivity contribution in [2.24, 2.45) is 0 Å². The molecule has 6 aromatic carbocycles. The molecule has 0 nitrogen and oxygen atoms in total. The van der Waals surface area contributed by atoms with Crippen LogP contribution in [0.25, 0.3) is 32.7 Å². The molecule has 0 aliphatic carbocycles. The zero-order chi connectivity index (χ0) is 26.3. The van der Waals surface area contributed by atoms with Crippen LogP contribution in [-0.4, -0.2) is 8.80 Å². The predicted octanol–water partition coefficient (Wildman–Crippen LogP) is 8.23. The molecular weight excluding hydrogens is 503 g/mol. The molecule has 0 spiro atoms. The van der Waals surface area contributed by atoms with Gasteiger partial charge < -0.3 is 0 Å². The molecule has 0 unspecified atom stereocenters. The Morgan fingerprint density at radius 3 is 1.64 bits per heavy atom. The van der Waals surface area contributed by atoms with E-state index < -0.39 is 16.7 Å². The van der Waals surface area contributed by atoms with E-state index in [1.165, 1.54) is 43.8 Å². The summed E-state index contributed by atoms with van der Waals surface area (Å²) >= 11 is 0. The van der Waals surface area contributed by atoms with Crippen molar-refractivity contribution in [2.75, 3.05) is 0 Å². The van der Waals surface area contributed by atoms with Crippen molar-refractivity contribution in [3.8, 4) is 11.1 Å². The van der Waals surface area contributed by atoms with Gasteiger partial charge in [0.25, 0.3) is 0 Å². The third-order valence-corrected chi connectivity index (χ3v) is 14.8. The quantitative estimate of drug-likeness (QED) is 0.157. The first-order chi connectivity index (χ1) is 19.2. The fourth-order valence-corrected chi connectivity index (χ4v) is 13.5. The lowest BCUT2D eigenvalue weighted by Crippen LogP contribution is -2.50. The zero-order valence-electron chi connectivity index (χ0n) is 22.6. The molecule has 2 heteroatoms. The summed E-state index contributed by atoms with van der Waals surface area (Å²) in [7, 11) is -1.80. The van der Waals surface area contributed by atoms with E-state index in [-0.39, 0.29) is 0 Å². The number of benzene rings is 6. The van der Waals surface area contributed by atoms with Gasteiger partial charge in [-0.3, -0.25) is 0 Å². The van der Waals surface area contributed by atoms with Gasteiger partial charge in [0.2, 0.25) is 0 Å². The van der Waals surface area contributed by atoms with Crippen LogP contribution in [0.2, 0.25) is 5.54 Å². The average molecular weight is 537 g/mol. The van der Waals surface area contributed by atoms with Gasteiger partial charge in [-0.15, -0.1) is 0 Å². The normalized spacial score (nSPS) is 14.2. The molecule has 0 saturated carbocycles. The maximum absolute atomic E-state index is 2.47. The Hall–Kier alpha value is -3.51. The summed E-state index contributed by atoms with van der Waals surface area (Å²) in [5.74, 6) is 0. The number of rotatable bonds is 4. The van der Waals surface area contributed by atoms with Crippen LogP contribution in [0.3, 0.4) is 0 Å². The lowest BCUT2D eigenvalue weighted by atomic mass is 9.88. The van der Waals surface area contributed by atoms with Gasteiger partial charge in [0.15, 0.2) is 0 Å². The van der Waals surface area contributed by atoms with E-state index in [0.29, 0.717) is 5.54 Å². The Morgan fingerprint density at radius 2 is 1.05 bits per heavy atom. The van der Waals surface area contributed by atoms with Gasteiger partial charge in [0.05, 0.1) is 0 Å². The third-order valence-electron chi connectivity index (χ3n) is 8.44. The van der Waals surface area contributed by atoms with E-state index in [0.717, 1.165) is 12.3 Å². The first-order valence-electron chi connectivity index (χ1n) is 14.1. The molecule has 39 heavy (non-hydrogen) atoms. The molecule has 1 aliphatic rings. The van der Waals surface area contributed by atoms with Crippen molar-refractivity contribution in [2.45, 2.75) is 31.7 Å². The van der Waals surface area contributed by atoms with Gasteiger partial charge >= 0.3 is 0 Å². The van der Waals surface area contributed by atoms with Gasteiger partial charge in [-0.05, 0) is 67.0 Å². The number of fused-ring (bicyclic) bond motifs is 7. The van der Waals surface area contributed by atoms with Crippen LogP contribution in [0.15, 0.2) is 127 Å². The molecule has 6 aromatic rings. The Morgan fingerprint density at radius 1 is 0.538 bits per heavy atom. The Kier molecular flexibility index (Phi) is 6.43. The highest BCUT2D eigenvalue weighted by Gasteiger charge is 2.29. The highest BCUT2D eigenvalue weighted by molar-refractivity contribution is 7.64. The first-order valence-corrected chi connectivity index (χ1v) is 17.6. The summed E-state index contributed by atoms with van der Waals surface area (Å²) in [6.07, 6.45) is 2.26. The van der Waals surface area contributed by atoms with E-state index >= 15 is 0 Å². The lowest BCUT2D eigenvalue weighted by molar-refractivity contribution is 1.05. The Labute approximate surface area is 234 Å². The summed E-state index contributed by atoms with van der Waals surface area (Å²) in [5.41, 5.74) is 6.59. The summed E-state index contributed by atoms with van der Waals surface area (Å²) < 4.78 is 0. The van der Waals surface area contributed by atoms with Crippen LogP contribution in [0.4, 0.5) is 0 Å². The molecule has 0 radical (unpaired) electrons. The van der Waals surface area contributed by atoms with E-state index in [1.807, 2.05) is 0 Å². The Bertz CT molecular complexity index is 1720. The monoisotopic (exact) mass is 536 g/mol. The summed E-state index contributed by atoms with van der Waals surface area (Å²) in [5, 5.41) is 10.3. The van der Waals surface area contributed by atoms with E-state index in [2.05, 4.69) is 141 Å². The SMILES string of the molecule is CC(C)[Si@@H](c1ccccc1)c1ccccc1P1Cc2ccc3ccccc3c2-c2c(ccc3ccccc23)C1. The van der Waals surface area contributed by atoms with Crippen LogP contribution in [0.1, 0.15) is 25.0 Å². The van der Waals surface area contributed by atoms with Crippen molar-refractivity contribution in [3.05, 3.63) is 139 Å². The molecule has 0 aromatic heterocycles. The molecule has 7 rings (SSSR count).